The Labute approximate surface area is 141 Å². The number of carbonyl (C=O) groups is 1. The Morgan fingerprint density at radius 3 is 2.43 bits per heavy atom. The van der Waals surface area contributed by atoms with Crippen molar-refractivity contribution in [2.45, 2.75) is 26.9 Å². The number of hydrogen-bond acceptors (Lipinski definition) is 3. The molecule has 0 aliphatic heterocycles. The van der Waals surface area contributed by atoms with Gasteiger partial charge in [0.2, 0.25) is 0 Å². The molecule has 0 unspecified atom stereocenters. The number of benzene rings is 2. The van der Waals surface area contributed by atoms with E-state index in [9.17, 15) is 4.79 Å². The van der Waals surface area contributed by atoms with Gasteiger partial charge in [0, 0.05) is 10.7 Å². The lowest BCUT2D eigenvalue weighted by molar-refractivity contribution is -0.122. The van der Waals surface area contributed by atoms with E-state index in [1.165, 1.54) is 0 Å². The van der Waals surface area contributed by atoms with E-state index in [0.717, 1.165) is 11.3 Å². The van der Waals surface area contributed by atoms with Gasteiger partial charge >= 0.3 is 0 Å². The summed E-state index contributed by atoms with van der Waals surface area (Å²) in [7, 11) is 0. The standard InChI is InChI=1S/C18H20ClNO3/c1-4-22-15-7-5-14(6-8-15)20-18(21)13(3)23-16-9-10-17(19)12(2)11-16/h5-11,13H,4H2,1-3H3,(H,20,21)/t13-/m1/s1. The molecule has 0 aromatic heterocycles. The maximum absolute atomic E-state index is 12.2. The third kappa shape index (κ3) is 4.89. The molecule has 4 nitrogen and oxygen atoms in total. The molecule has 0 fully saturated rings. The van der Waals surface area contributed by atoms with Gasteiger partial charge in [-0.1, -0.05) is 11.6 Å². The van der Waals surface area contributed by atoms with Crippen molar-refractivity contribution in [1.29, 1.82) is 0 Å². The van der Waals surface area contributed by atoms with Crippen LogP contribution in [0.2, 0.25) is 5.02 Å². The smallest absolute Gasteiger partial charge is 0.265 e. The molecule has 1 N–H and O–H groups in total. The topological polar surface area (TPSA) is 47.6 Å². The number of rotatable bonds is 6. The average molecular weight is 334 g/mol. The van der Waals surface area contributed by atoms with E-state index in [1.807, 2.05) is 32.0 Å². The Balaban J connectivity index is 1.95. The fourth-order valence-corrected chi connectivity index (χ4v) is 2.11. The quantitative estimate of drug-likeness (QED) is 0.849. The van der Waals surface area contributed by atoms with Gasteiger partial charge in [0.1, 0.15) is 11.5 Å². The Kier molecular flexibility index (Phi) is 5.88. The number of aryl methyl sites for hydroxylation is 1. The van der Waals surface area contributed by atoms with Crippen LogP contribution in [0, 0.1) is 6.92 Å². The zero-order valence-electron chi connectivity index (χ0n) is 13.4. The van der Waals surface area contributed by atoms with Crippen LogP contribution < -0.4 is 14.8 Å². The van der Waals surface area contributed by atoms with Crippen LogP contribution in [0.25, 0.3) is 0 Å². The molecule has 0 spiro atoms. The minimum Gasteiger partial charge on any atom is -0.494 e. The number of amides is 1. The average Bonchev–Trinajstić information content (AvgIpc) is 2.53. The molecule has 2 aromatic rings. The molecule has 5 heteroatoms. The summed E-state index contributed by atoms with van der Waals surface area (Å²) in [6.45, 7) is 6.12. The zero-order valence-corrected chi connectivity index (χ0v) is 14.2. The molecule has 0 radical (unpaired) electrons. The van der Waals surface area contributed by atoms with Gasteiger partial charge in [-0.15, -0.1) is 0 Å². The third-order valence-corrected chi connectivity index (χ3v) is 3.67. The third-order valence-electron chi connectivity index (χ3n) is 3.24. The number of hydrogen-bond donors (Lipinski definition) is 1. The van der Waals surface area contributed by atoms with Gasteiger partial charge in [0.25, 0.3) is 5.91 Å². The van der Waals surface area contributed by atoms with Crippen molar-refractivity contribution < 1.29 is 14.3 Å². The van der Waals surface area contributed by atoms with E-state index in [-0.39, 0.29) is 5.91 Å². The van der Waals surface area contributed by atoms with Crippen LogP contribution >= 0.6 is 11.6 Å². The molecule has 23 heavy (non-hydrogen) atoms. The van der Waals surface area contributed by atoms with E-state index in [2.05, 4.69) is 5.32 Å². The minimum atomic E-state index is -0.623. The maximum atomic E-state index is 12.2. The van der Waals surface area contributed by atoms with Gasteiger partial charge in [-0.05, 0) is 68.8 Å². The first kappa shape index (κ1) is 17.2. The number of ether oxygens (including phenoxy) is 2. The van der Waals surface area contributed by atoms with Crippen molar-refractivity contribution in [3.05, 3.63) is 53.1 Å². The molecule has 1 amide bonds. The molecule has 0 aliphatic rings. The van der Waals surface area contributed by atoms with E-state index >= 15 is 0 Å². The van der Waals surface area contributed by atoms with Gasteiger partial charge in [0.15, 0.2) is 6.10 Å². The lowest BCUT2D eigenvalue weighted by atomic mass is 10.2. The Hall–Kier alpha value is -2.20. The van der Waals surface area contributed by atoms with Crippen LogP contribution in [-0.4, -0.2) is 18.6 Å². The van der Waals surface area contributed by atoms with Crippen LogP contribution in [0.5, 0.6) is 11.5 Å². The first-order valence-electron chi connectivity index (χ1n) is 7.46. The molecule has 0 aliphatic carbocycles. The van der Waals surface area contributed by atoms with Gasteiger partial charge in [-0.25, -0.2) is 0 Å². The van der Waals surface area contributed by atoms with Crippen molar-refractivity contribution >= 4 is 23.2 Å². The highest BCUT2D eigenvalue weighted by atomic mass is 35.5. The Bertz CT molecular complexity index is 670. The highest BCUT2D eigenvalue weighted by Gasteiger charge is 2.15. The number of nitrogens with one attached hydrogen (secondary N) is 1. The maximum Gasteiger partial charge on any atom is 0.265 e. The summed E-state index contributed by atoms with van der Waals surface area (Å²) in [4.78, 5) is 12.2. The molecule has 0 bridgehead atoms. The van der Waals surface area contributed by atoms with Gasteiger partial charge in [-0.3, -0.25) is 4.79 Å². The molecular weight excluding hydrogens is 314 g/mol. The predicted octanol–water partition coefficient (Wildman–Crippen LogP) is 4.45. The fraction of sp³-hybridized carbons (Fsp3) is 0.278. The van der Waals surface area contributed by atoms with Crippen LogP contribution in [0.4, 0.5) is 5.69 Å². The van der Waals surface area contributed by atoms with Crippen molar-refractivity contribution in [3.8, 4) is 11.5 Å². The summed E-state index contributed by atoms with van der Waals surface area (Å²) < 4.78 is 11.0. The molecule has 2 aromatic carbocycles. The van der Waals surface area contributed by atoms with Crippen LogP contribution in [0.3, 0.4) is 0 Å². The first-order chi connectivity index (χ1) is 11.0. The number of anilines is 1. The fourth-order valence-electron chi connectivity index (χ4n) is 1.99. The second-order valence-electron chi connectivity index (χ2n) is 5.12. The van der Waals surface area contributed by atoms with Crippen LogP contribution in [0.1, 0.15) is 19.4 Å². The SMILES string of the molecule is CCOc1ccc(NC(=O)[C@@H](C)Oc2ccc(Cl)c(C)c2)cc1. The minimum absolute atomic E-state index is 0.221. The summed E-state index contributed by atoms with van der Waals surface area (Å²) in [5.41, 5.74) is 1.60. The van der Waals surface area contributed by atoms with Gasteiger partial charge < -0.3 is 14.8 Å². The van der Waals surface area contributed by atoms with Crippen molar-refractivity contribution in [2.75, 3.05) is 11.9 Å². The monoisotopic (exact) mass is 333 g/mol. The molecule has 122 valence electrons. The molecule has 2 rings (SSSR count). The Morgan fingerprint density at radius 1 is 1.17 bits per heavy atom. The van der Waals surface area contributed by atoms with E-state index in [4.69, 9.17) is 21.1 Å². The second-order valence-corrected chi connectivity index (χ2v) is 5.52. The second kappa shape index (κ2) is 7.88. The summed E-state index contributed by atoms with van der Waals surface area (Å²) >= 11 is 5.98. The Morgan fingerprint density at radius 2 is 1.83 bits per heavy atom. The van der Waals surface area contributed by atoms with E-state index < -0.39 is 6.10 Å². The zero-order chi connectivity index (χ0) is 16.8. The highest BCUT2D eigenvalue weighted by Crippen LogP contribution is 2.22. The largest absolute Gasteiger partial charge is 0.494 e. The van der Waals surface area contributed by atoms with Crippen molar-refractivity contribution in [1.82, 2.24) is 0 Å². The number of halogens is 1. The van der Waals surface area contributed by atoms with Gasteiger partial charge in [0.05, 0.1) is 6.61 Å². The molecule has 1 atom stereocenters. The van der Waals surface area contributed by atoms with E-state index in [0.29, 0.717) is 23.1 Å². The summed E-state index contributed by atoms with van der Waals surface area (Å²) in [5.74, 6) is 1.16. The lowest BCUT2D eigenvalue weighted by Gasteiger charge is -2.15. The first-order valence-corrected chi connectivity index (χ1v) is 7.84. The summed E-state index contributed by atoms with van der Waals surface area (Å²) in [6.07, 6.45) is -0.623. The number of carbonyl (C=O) groups excluding carboxylic acids is 1. The summed E-state index contributed by atoms with van der Waals surface area (Å²) in [5, 5.41) is 3.48. The molecule has 0 heterocycles. The predicted molar refractivity (Wildman–Crippen MR) is 92.5 cm³/mol. The summed E-state index contributed by atoms with van der Waals surface area (Å²) in [6, 6.07) is 12.5. The van der Waals surface area contributed by atoms with Gasteiger partial charge in [-0.2, -0.15) is 0 Å². The molecule has 0 saturated carbocycles. The van der Waals surface area contributed by atoms with E-state index in [1.54, 1.807) is 31.2 Å². The van der Waals surface area contributed by atoms with Crippen LogP contribution in [0.15, 0.2) is 42.5 Å². The lowest BCUT2D eigenvalue weighted by Crippen LogP contribution is -2.30. The molecular formula is C18H20ClNO3. The highest BCUT2D eigenvalue weighted by molar-refractivity contribution is 6.31. The normalized spacial score (nSPS) is 11.7. The van der Waals surface area contributed by atoms with Crippen LogP contribution in [-0.2, 0) is 4.79 Å². The van der Waals surface area contributed by atoms with Crippen molar-refractivity contribution in [3.63, 3.8) is 0 Å². The van der Waals surface area contributed by atoms with Crippen molar-refractivity contribution in [2.24, 2.45) is 0 Å². The molecule has 0 saturated heterocycles.